The van der Waals surface area contributed by atoms with Crippen molar-refractivity contribution < 1.29 is 9.47 Å². The summed E-state index contributed by atoms with van der Waals surface area (Å²) < 4.78 is 10.5. The van der Waals surface area contributed by atoms with Crippen LogP contribution in [0.4, 0.5) is 11.6 Å². The second-order valence-corrected chi connectivity index (χ2v) is 5.39. The molecule has 1 aliphatic rings. The molecule has 1 unspecified atom stereocenters. The minimum Gasteiger partial charge on any atom is -0.382 e. The first-order valence-corrected chi connectivity index (χ1v) is 7.65. The van der Waals surface area contributed by atoms with Crippen LogP contribution in [-0.2, 0) is 9.47 Å². The molecule has 1 aromatic heterocycles. The molecule has 1 heterocycles. The summed E-state index contributed by atoms with van der Waals surface area (Å²) in [7, 11) is 3.36. The molecule has 1 aliphatic carbocycles. The maximum absolute atomic E-state index is 5.35. The van der Waals surface area contributed by atoms with E-state index in [0.717, 1.165) is 30.4 Å². The molecule has 1 aromatic rings. The van der Waals surface area contributed by atoms with Crippen LogP contribution < -0.4 is 10.6 Å². The Kier molecular flexibility index (Phi) is 6.20. The molecule has 1 saturated carbocycles. The Morgan fingerprint density at radius 1 is 1.24 bits per heavy atom. The number of hydrogen-bond donors (Lipinski definition) is 2. The van der Waals surface area contributed by atoms with Gasteiger partial charge in [-0.25, -0.2) is 9.97 Å². The fraction of sp³-hybridized carbons (Fsp3) is 0.733. The van der Waals surface area contributed by atoms with Gasteiger partial charge in [-0.2, -0.15) is 0 Å². The summed E-state index contributed by atoms with van der Waals surface area (Å²) in [6.45, 7) is 4.29. The van der Waals surface area contributed by atoms with E-state index in [4.69, 9.17) is 9.47 Å². The van der Waals surface area contributed by atoms with Crippen LogP contribution in [0.2, 0.25) is 0 Å². The number of ether oxygens (including phenoxy) is 2. The Bertz CT molecular complexity index is 438. The second kappa shape index (κ2) is 8.14. The molecule has 1 fully saturated rings. The van der Waals surface area contributed by atoms with Crippen molar-refractivity contribution in [3.63, 3.8) is 0 Å². The average Bonchev–Trinajstić information content (AvgIpc) is 3.34. The Hall–Kier alpha value is -1.40. The van der Waals surface area contributed by atoms with Crippen molar-refractivity contribution >= 4 is 11.6 Å². The third kappa shape index (κ3) is 5.13. The van der Waals surface area contributed by atoms with Gasteiger partial charge in [0.25, 0.3) is 0 Å². The van der Waals surface area contributed by atoms with E-state index < -0.39 is 0 Å². The number of aromatic nitrogens is 2. The third-order valence-electron chi connectivity index (χ3n) is 3.44. The first-order chi connectivity index (χ1) is 10.3. The van der Waals surface area contributed by atoms with Crippen LogP contribution in [0.25, 0.3) is 0 Å². The topological polar surface area (TPSA) is 68.3 Å². The lowest BCUT2D eigenvalue weighted by molar-refractivity contribution is 0.0365. The normalized spacial score (nSPS) is 15.8. The summed E-state index contributed by atoms with van der Waals surface area (Å²) in [5.41, 5.74) is 0. The quantitative estimate of drug-likeness (QED) is 0.690. The highest BCUT2D eigenvalue weighted by Crippen LogP contribution is 2.38. The SMILES string of the molecule is CCCNc1cc(NCC(COC)OC)nc(C2CC2)n1. The molecule has 0 amide bonds. The van der Waals surface area contributed by atoms with Gasteiger partial charge in [-0.3, -0.25) is 0 Å². The van der Waals surface area contributed by atoms with E-state index in [1.807, 2.05) is 6.07 Å². The minimum atomic E-state index is 0.0152. The molecule has 0 aliphatic heterocycles. The van der Waals surface area contributed by atoms with Gasteiger partial charge in [-0.15, -0.1) is 0 Å². The standard InChI is InChI=1S/C15H26N4O2/c1-4-7-16-13-8-14(17-9-12(21-3)10-20-2)19-15(18-13)11-5-6-11/h8,11-12H,4-7,9-10H2,1-3H3,(H2,16,17,18,19). The Balaban J connectivity index is 2.01. The van der Waals surface area contributed by atoms with E-state index in [0.29, 0.717) is 19.1 Å². The van der Waals surface area contributed by atoms with Crippen molar-refractivity contribution in [1.82, 2.24) is 9.97 Å². The number of hydrogen-bond acceptors (Lipinski definition) is 6. The summed E-state index contributed by atoms with van der Waals surface area (Å²) in [5, 5.41) is 6.66. The molecule has 2 rings (SSSR count). The van der Waals surface area contributed by atoms with Crippen molar-refractivity contribution in [3.05, 3.63) is 11.9 Å². The van der Waals surface area contributed by atoms with Gasteiger partial charge in [-0.1, -0.05) is 6.92 Å². The van der Waals surface area contributed by atoms with E-state index >= 15 is 0 Å². The summed E-state index contributed by atoms with van der Waals surface area (Å²) in [6.07, 6.45) is 3.48. The Morgan fingerprint density at radius 2 is 1.95 bits per heavy atom. The molecule has 0 bridgehead atoms. The van der Waals surface area contributed by atoms with E-state index in [1.54, 1.807) is 14.2 Å². The smallest absolute Gasteiger partial charge is 0.136 e. The number of nitrogens with zero attached hydrogens (tertiary/aromatic N) is 2. The molecule has 6 nitrogen and oxygen atoms in total. The van der Waals surface area contributed by atoms with Crippen LogP contribution in [0.3, 0.4) is 0 Å². The summed E-state index contributed by atoms with van der Waals surface area (Å²) in [4.78, 5) is 9.21. The lowest BCUT2D eigenvalue weighted by Crippen LogP contribution is -2.27. The van der Waals surface area contributed by atoms with Crippen LogP contribution in [0, 0.1) is 0 Å². The Labute approximate surface area is 126 Å². The van der Waals surface area contributed by atoms with Crippen LogP contribution in [-0.4, -0.2) is 50.0 Å². The molecule has 6 heteroatoms. The molecule has 0 aromatic carbocycles. The fourth-order valence-electron chi connectivity index (χ4n) is 2.04. The highest BCUT2D eigenvalue weighted by Gasteiger charge is 2.27. The minimum absolute atomic E-state index is 0.0152. The number of anilines is 2. The predicted octanol–water partition coefficient (Wildman–Crippen LogP) is 2.25. The van der Waals surface area contributed by atoms with Gasteiger partial charge in [0.1, 0.15) is 17.5 Å². The molecular weight excluding hydrogens is 268 g/mol. The zero-order valence-corrected chi connectivity index (χ0v) is 13.2. The van der Waals surface area contributed by atoms with Crippen molar-refractivity contribution in [3.8, 4) is 0 Å². The van der Waals surface area contributed by atoms with Gasteiger partial charge in [0.15, 0.2) is 0 Å². The first-order valence-electron chi connectivity index (χ1n) is 7.65. The van der Waals surface area contributed by atoms with Crippen molar-refractivity contribution in [1.29, 1.82) is 0 Å². The molecule has 0 radical (unpaired) electrons. The summed E-state index contributed by atoms with van der Waals surface area (Å²) >= 11 is 0. The highest BCUT2D eigenvalue weighted by molar-refractivity contribution is 5.48. The van der Waals surface area contributed by atoms with Gasteiger partial charge in [0, 0.05) is 39.3 Å². The van der Waals surface area contributed by atoms with Gasteiger partial charge in [0.05, 0.1) is 12.7 Å². The molecule has 118 valence electrons. The van der Waals surface area contributed by atoms with E-state index in [9.17, 15) is 0 Å². The number of nitrogens with one attached hydrogen (secondary N) is 2. The van der Waals surface area contributed by atoms with Gasteiger partial charge in [-0.05, 0) is 19.3 Å². The van der Waals surface area contributed by atoms with Crippen LogP contribution in [0.15, 0.2) is 6.07 Å². The second-order valence-electron chi connectivity index (χ2n) is 5.39. The molecular formula is C15H26N4O2. The monoisotopic (exact) mass is 294 g/mol. The van der Waals surface area contributed by atoms with Crippen LogP contribution in [0.5, 0.6) is 0 Å². The fourth-order valence-corrected chi connectivity index (χ4v) is 2.04. The third-order valence-corrected chi connectivity index (χ3v) is 3.44. The summed E-state index contributed by atoms with van der Waals surface area (Å²) in [6, 6.07) is 1.96. The molecule has 0 spiro atoms. The summed E-state index contributed by atoms with van der Waals surface area (Å²) in [5.74, 6) is 3.23. The van der Waals surface area contributed by atoms with E-state index in [1.165, 1.54) is 12.8 Å². The molecule has 21 heavy (non-hydrogen) atoms. The van der Waals surface area contributed by atoms with Gasteiger partial charge >= 0.3 is 0 Å². The Morgan fingerprint density at radius 3 is 2.52 bits per heavy atom. The molecule has 2 N–H and O–H groups in total. The maximum atomic E-state index is 5.35. The number of rotatable bonds is 10. The first kappa shape index (κ1) is 16.0. The zero-order chi connectivity index (χ0) is 15.1. The van der Waals surface area contributed by atoms with Crippen LogP contribution >= 0.6 is 0 Å². The van der Waals surface area contributed by atoms with Crippen molar-refractivity contribution in [2.45, 2.75) is 38.2 Å². The van der Waals surface area contributed by atoms with Gasteiger partial charge in [0.2, 0.25) is 0 Å². The predicted molar refractivity (Wildman–Crippen MR) is 84.0 cm³/mol. The molecule has 1 atom stereocenters. The van der Waals surface area contributed by atoms with E-state index in [-0.39, 0.29) is 6.10 Å². The molecule has 0 saturated heterocycles. The number of methoxy groups -OCH3 is 2. The van der Waals surface area contributed by atoms with Crippen molar-refractivity contribution in [2.75, 3.05) is 44.5 Å². The van der Waals surface area contributed by atoms with Crippen LogP contribution in [0.1, 0.15) is 37.9 Å². The lowest BCUT2D eigenvalue weighted by atomic mass is 10.3. The average molecular weight is 294 g/mol. The highest BCUT2D eigenvalue weighted by atomic mass is 16.5. The lowest BCUT2D eigenvalue weighted by Gasteiger charge is -2.16. The zero-order valence-electron chi connectivity index (χ0n) is 13.2. The van der Waals surface area contributed by atoms with E-state index in [2.05, 4.69) is 27.5 Å². The largest absolute Gasteiger partial charge is 0.382 e. The van der Waals surface area contributed by atoms with Gasteiger partial charge < -0.3 is 20.1 Å². The van der Waals surface area contributed by atoms with Crippen molar-refractivity contribution in [2.24, 2.45) is 0 Å². The maximum Gasteiger partial charge on any atom is 0.136 e.